The maximum atomic E-state index is 8.99. The van der Waals surface area contributed by atoms with Crippen molar-refractivity contribution in [1.29, 1.82) is 0 Å². The largest absolute Gasteiger partial charge is 0.478 e. The molecule has 1 saturated heterocycles. The second-order valence-electron chi connectivity index (χ2n) is 3.57. The number of likely N-dealkylation sites (tertiary alicyclic amines) is 1. The highest BCUT2D eigenvalue weighted by Gasteiger charge is 2.18. The maximum Gasteiger partial charge on any atom is 0.0645 e. The van der Waals surface area contributed by atoms with Gasteiger partial charge in [0.2, 0.25) is 0 Å². The van der Waals surface area contributed by atoms with E-state index in [2.05, 4.69) is 11.9 Å². The van der Waals surface area contributed by atoms with Gasteiger partial charge in [0, 0.05) is 19.7 Å². The van der Waals surface area contributed by atoms with Gasteiger partial charge in [-0.2, -0.15) is 7.05 Å². The Morgan fingerprint density at radius 3 is 3.08 bits per heavy atom. The van der Waals surface area contributed by atoms with E-state index < -0.39 is 0 Å². The van der Waals surface area contributed by atoms with Gasteiger partial charge in [-0.15, -0.1) is 0 Å². The number of nitrogens with zero attached hydrogens (tertiary/aromatic N) is 1. The first kappa shape index (κ1) is 9.96. The third-order valence-electron chi connectivity index (χ3n) is 2.51. The fraction of sp³-hybridized carbons (Fsp3) is 0.889. The summed E-state index contributed by atoms with van der Waals surface area (Å²) in [5.74, 6) is 0.517. The Bertz CT molecular complexity index is 119. The second-order valence-corrected chi connectivity index (χ2v) is 3.57. The van der Waals surface area contributed by atoms with Crippen LogP contribution in [-0.4, -0.2) is 42.8 Å². The molecule has 1 aliphatic rings. The average molecular weight is 172 g/mol. The first-order valence-electron chi connectivity index (χ1n) is 4.81. The molecule has 1 fully saturated rings. The van der Waals surface area contributed by atoms with Crippen LogP contribution >= 0.6 is 0 Å². The standard InChI is InChI=1S/C9H20N2O/c1-10-4-6-11-5-2-3-9(7-11)8-12/h9,12H,1-8,10H2/t9-/m1/s1. The van der Waals surface area contributed by atoms with E-state index in [1.54, 1.807) is 0 Å². The average Bonchev–Trinajstić information content (AvgIpc) is 2.15. The van der Waals surface area contributed by atoms with Gasteiger partial charge in [0.25, 0.3) is 0 Å². The molecule has 3 N–H and O–H groups in total. The van der Waals surface area contributed by atoms with Gasteiger partial charge >= 0.3 is 0 Å². The highest BCUT2D eigenvalue weighted by Crippen LogP contribution is 2.14. The lowest BCUT2D eigenvalue weighted by Gasteiger charge is -2.31. The number of piperidine rings is 1. The molecular weight excluding hydrogens is 152 g/mol. The Labute approximate surface area is 74.8 Å². The zero-order chi connectivity index (χ0) is 8.81. The van der Waals surface area contributed by atoms with Gasteiger partial charge < -0.3 is 10.4 Å². The number of nitrogens with two attached hydrogens (primary N) is 1. The van der Waals surface area contributed by atoms with Crippen LogP contribution in [0.5, 0.6) is 0 Å². The Morgan fingerprint density at radius 1 is 1.58 bits per heavy atom. The Hall–Kier alpha value is -0.120. The van der Waals surface area contributed by atoms with Crippen LogP contribution in [0.4, 0.5) is 0 Å². The van der Waals surface area contributed by atoms with Gasteiger partial charge in [-0.3, -0.25) is 4.90 Å². The summed E-state index contributed by atoms with van der Waals surface area (Å²) in [6.45, 7) is 4.80. The zero-order valence-electron chi connectivity index (χ0n) is 7.71. The summed E-state index contributed by atoms with van der Waals surface area (Å²) in [7, 11) is 3.71. The number of aliphatic hydroxyl groups is 1. The highest BCUT2D eigenvalue weighted by atomic mass is 16.3. The van der Waals surface area contributed by atoms with E-state index in [0.717, 1.165) is 19.6 Å². The summed E-state index contributed by atoms with van der Waals surface area (Å²) in [6, 6.07) is 0. The molecule has 0 saturated carbocycles. The lowest BCUT2D eigenvalue weighted by Crippen LogP contribution is -2.78. The van der Waals surface area contributed by atoms with Crippen molar-refractivity contribution in [1.82, 2.24) is 4.90 Å². The second kappa shape index (κ2) is 5.51. The molecule has 72 valence electrons. The Morgan fingerprint density at radius 2 is 2.42 bits per heavy atom. The van der Waals surface area contributed by atoms with E-state index in [-0.39, 0.29) is 0 Å². The smallest absolute Gasteiger partial charge is 0.0645 e. The lowest BCUT2D eigenvalue weighted by atomic mass is 9.99. The molecule has 1 heterocycles. The summed E-state index contributed by atoms with van der Waals surface area (Å²) in [6.07, 6.45) is 2.43. The Balaban J connectivity index is 2.16. The van der Waals surface area contributed by atoms with Gasteiger partial charge in [-0.05, 0) is 25.3 Å². The van der Waals surface area contributed by atoms with Crippen molar-refractivity contribution in [2.45, 2.75) is 12.8 Å². The summed E-state index contributed by atoms with van der Waals surface area (Å²) >= 11 is 0. The third kappa shape index (κ3) is 3.09. The van der Waals surface area contributed by atoms with Crippen LogP contribution in [-0.2, 0) is 0 Å². The molecule has 0 unspecified atom stereocenters. The molecular formula is C9H20N2O. The van der Waals surface area contributed by atoms with Crippen molar-refractivity contribution < 1.29 is 10.4 Å². The third-order valence-corrected chi connectivity index (χ3v) is 2.51. The maximum absolute atomic E-state index is 8.99. The topological polar surface area (TPSA) is 40.1 Å². The highest BCUT2D eigenvalue weighted by molar-refractivity contribution is 4.71. The molecule has 0 radical (unpaired) electrons. The molecule has 0 bridgehead atoms. The molecule has 1 rings (SSSR count). The van der Waals surface area contributed by atoms with E-state index in [1.165, 1.54) is 19.4 Å². The van der Waals surface area contributed by atoms with Gasteiger partial charge in [-0.25, -0.2) is 0 Å². The Kier molecular flexibility index (Phi) is 4.58. The van der Waals surface area contributed by atoms with Crippen LogP contribution in [0.15, 0.2) is 0 Å². The number of aliphatic hydroxyl groups excluding tert-OH is 1. The van der Waals surface area contributed by atoms with E-state index in [4.69, 9.17) is 5.11 Å². The van der Waals surface area contributed by atoms with E-state index >= 15 is 0 Å². The van der Waals surface area contributed by atoms with Crippen LogP contribution in [0.3, 0.4) is 0 Å². The van der Waals surface area contributed by atoms with E-state index in [9.17, 15) is 0 Å². The molecule has 3 nitrogen and oxygen atoms in total. The minimum atomic E-state index is 0.352. The van der Waals surface area contributed by atoms with Gasteiger partial charge in [0.15, 0.2) is 0 Å². The van der Waals surface area contributed by atoms with Crippen molar-refractivity contribution in [3.8, 4) is 0 Å². The van der Waals surface area contributed by atoms with Crippen LogP contribution in [0, 0.1) is 13.0 Å². The van der Waals surface area contributed by atoms with Crippen molar-refractivity contribution in [3.05, 3.63) is 7.05 Å². The SMILES string of the molecule is [CH2-][NH2+]CCN1CCC[C@@H](CO)C1. The molecule has 0 amide bonds. The molecule has 1 atom stereocenters. The van der Waals surface area contributed by atoms with Crippen LogP contribution < -0.4 is 5.32 Å². The molecule has 3 heteroatoms. The zero-order valence-corrected chi connectivity index (χ0v) is 7.71. The molecule has 12 heavy (non-hydrogen) atoms. The van der Waals surface area contributed by atoms with Crippen molar-refractivity contribution in [3.63, 3.8) is 0 Å². The van der Waals surface area contributed by atoms with Gasteiger partial charge in [0.1, 0.15) is 0 Å². The minimum absolute atomic E-state index is 0.352. The predicted molar refractivity (Wildman–Crippen MR) is 48.4 cm³/mol. The first-order chi connectivity index (χ1) is 5.86. The van der Waals surface area contributed by atoms with Gasteiger partial charge in [-0.1, -0.05) is 0 Å². The fourth-order valence-corrected chi connectivity index (χ4v) is 1.78. The van der Waals surface area contributed by atoms with Crippen LogP contribution in [0.2, 0.25) is 0 Å². The lowest BCUT2D eigenvalue weighted by molar-refractivity contribution is -0.595. The quantitative estimate of drug-likeness (QED) is 0.537. The van der Waals surface area contributed by atoms with Crippen molar-refractivity contribution >= 4 is 0 Å². The molecule has 0 aromatic rings. The summed E-state index contributed by atoms with van der Waals surface area (Å²) in [5, 5.41) is 10.9. The normalized spacial score (nSPS) is 26.0. The number of hydrogen-bond acceptors (Lipinski definition) is 2. The molecule has 0 spiro atoms. The molecule has 1 aliphatic heterocycles. The van der Waals surface area contributed by atoms with Crippen molar-refractivity contribution in [2.24, 2.45) is 5.92 Å². The number of hydrogen-bond donors (Lipinski definition) is 2. The number of rotatable bonds is 4. The number of quaternary nitrogens is 1. The van der Waals surface area contributed by atoms with Gasteiger partial charge in [0.05, 0.1) is 6.54 Å². The summed E-state index contributed by atoms with van der Waals surface area (Å²) in [4.78, 5) is 2.42. The van der Waals surface area contributed by atoms with E-state index in [0.29, 0.717) is 12.5 Å². The predicted octanol–water partition coefficient (Wildman–Crippen LogP) is -0.954. The van der Waals surface area contributed by atoms with Crippen molar-refractivity contribution in [2.75, 3.05) is 32.8 Å². The minimum Gasteiger partial charge on any atom is -0.478 e. The monoisotopic (exact) mass is 172 g/mol. The molecule has 0 aromatic carbocycles. The molecule has 0 aromatic heterocycles. The first-order valence-corrected chi connectivity index (χ1v) is 4.81. The summed E-state index contributed by atoms with van der Waals surface area (Å²) in [5.41, 5.74) is 0. The van der Waals surface area contributed by atoms with Crippen LogP contribution in [0.1, 0.15) is 12.8 Å². The van der Waals surface area contributed by atoms with Crippen LogP contribution in [0.25, 0.3) is 0 Å². The summed E-state index contributed by atoms with van der Waals surface area (Å²) < 4.78 is 0. The van der Waals surface area contributed by atoms with E-state index in [1.807, 2.05) is 5.32 Å². The fourth-order valence-electron chi connectivity index (χ4n) is 1.78. The molecule has 0 aliphatic carbocycles.